The Hall–Kier alpha value is -2.14. The van der Waals surface area contributed by atoms with Gasteiger partial charge in [0, 0.05) is 17.8 Å². The van der Waals surface area contributed by atoms with E-state index in [1.54, 1.807) is 10.7 Å². The molecule has 0 atom stereocenters. The Kier molecular flexibility index (Phi) is 4.98. The zero-order valence-corrected chi connectivity index (χ0v) is 13.5. The number of nitrogens with one attached hydrogen (secondary N) is 1. The second kappa shape index (κ2) is 6.75. The summed E-state index contributed by atoms with van der Waals surface area (Å²) in [5, 5.41) is 7.29. The van der Waals surface area contributed by atoms with Gasteiger partial charge in [-0.2, -0.15) is 5.10 Å². The fraction of sp³-hybridized carbons (Fsp3) is 0.412. The molecular formula is C17H24N4O. The van der Waals surface area contributed by atoms with Gasteiger partial charge in [-0.15, -0.1) is 0 Å². The highest BCUT2D eigenvalue weighted by Crippen LogP contribution is 2.13. The molecule has 0 aliphatic heterocycles. The van der Waals surface area contributed by atoms with Crippen LogP contribution in [-0.4, -0.2) is 27.8 Å². The number of aryl methyl sites for hydroxylation is 1. The lowest BCUT2D eigenvalue weighted by molar-refractivity contribution is 0.0936. The van der Waals surface area contributed by atoms with Crippen molar-refractivity contribution in [3.63, 3.8) is 0 Å². The SMILES string of the molecule is CCC(N)(CC)CNC(=O)c1cc(C)n(-c2ccccc2)n1. The molecule has 22 heavy (non-hydrogen) atoms. The summed E-state index contributed by atoms with van der Waals surface area (Å²) in [5.74, 6) is -0.186. The van der Waals surface area contributed by atoms with E-state index in [0.717, 1.165) is 24.2 Å². The van der Waals surface area contributed by atoms with Crippen molar-refractivity contribution in [2.45, 2.75) is 39.2 Å². The number of carbonyl (C=O) groups is 1. The number of nitrogens with two attached hydrogens (primary N) is 1. The summed E-state index contributed by atoms with van der Waals surface area (Å²) in [7, 11) is 0. The third kappa shape index (κ3) is 3.54. The number of carbonyl (C=O) groups excluding carboxylic acids is 1. The summed E-state index contributed by atoms with van der Waals surface area (Å²) in [6.45, 7) is 6.45. The molecule has 0 bridgehead atoms. The number of aromatic nitrogens is 2. The van der Waals surface area contributed by atoms with Crippen LogP contribution in [0.25, 0.3) is 5.69 Å². The Balaban J connectivity index is 2.12. The Morgan fingerprint density at radius 1 is 1.27 bits per heavy atom. The van der Waals surface area contributed by atoms with Gasteiger partial charge in [-0.1, -0.05) is 32.0 Å². The number of nitrogens with zero attached hydrogens (tertiary/aromatic N) is 2. The van der Waals surface area contributed by atoms with E-state index in [0.29, 0.717) is 12.2 Å². The summed E-state index contributed by atoms with van der Waals surface area (Å²) in [6, 6.07) is 11.6. The highest BCUT2D eigenvalue weighted by molar-refractivity contribution is 5.92. The summed E-state index contributed by atoms with van der Waals surface area (Å²) >= 11 is 0. The fourth-order valence-electron chi connectivity index (χ4n) is 2.26. The molecule has 1 aromatic heterocycles. The molecule has 2 rings (SSSR count). The molecule has 3 N–H and O–H groups in total. The van der Waals surface area contributed by atoms with Gasteiger partial charge in [0.25, 0.3) is 5.91 Å². The lowest BCUT2D eigenvalue weighted by Crippen LogP contribution is -2.49. The predicted octanol–water partition coefficient (Wildman–Crippen LogP) is 2.43. The minimum absolute atomic E-state index is 0.186. The molecule has 0 fully saturated rings. The minimum atomic E-state index is -0.354. The van der Waals surface area contributed by atoms with E-state index < -0.39 is 0 Å². The first-order valence-electron chi connectivity index (χ1n) is 7.68. The standard InChI is InChI=1S/C17H24N4O/c1-4-17(18,5-2)12-19-16(22)15-11-13(3)21(20-15)14-9-7-6-8-10-14/h6-11H,4-5,12,18H2,1-3H3,(H,19,22). The summed E-state index contributed by atoms with van der Waals surface area (Å²) < 4.78 is 1.77. The number of rotatable bonds is 6. The quantitative estimate of drug-likeness (QED) is 0.860. The lowest BCUT2D eigenvalue weighted by Gasteiger charge is -2.26. The van der Waals surface area contributed by atoms with Crippen LogP contribution in [0.5, 0.6) is 0 Å². The van der Waals surface area contributed by atoms with E-state index in [9.17, 15) is 4.79 Å². The van der Waals surface area contributed by atoms with Crippen LogP contribution in [0.15, 0.2) is 36.4 Å². The van der Waals surface area contributed by atoms with Gasteiger partial charge >= 0.3 is 0 Å². The van der Waals surface area contributed by atoms with Crippen molar-refractivity contribution in [3.05, 3.63) is 47.8 Å². The van der Waals surface area contributed by atoms with Crippen molar-refractivity contribution in [2.75, 3.05) is 6.54 Å². The Bertz CT molecular complexity index is 629. The molecule has 1 heterocycles. The van der Waals surface area contributed by atoms with Gasteiger partial charge in [0.05, 0.1) is 5.69 Å². The molecule has 0 aliphatic rings. The second-order valence-corrected chi connectivity index (χ2v) is 5.67. The van der Waals surface area contributed by atoms with Gasteiger partial charge in [-0.3, -0.25) is 4.79 Å². The molecule has 1 aromatic carbocycles. The fourth-order valence-corrected chi connectivity index (χ4v) is 2.26. The van der Waals surface area contributed by atoms with Crippen LogP contribution in [0, 0.1) is 6.92 Å². The highest BCUT2D eigenvalue weighted by Gasteiger charge is 2.22. The molecule has 118 valence electrons. The number of para-hydroxylation sites is 1. The minimum Gasteiger partial charge on any atom is -0.349 e. The molecule has 2 aromatic rings. The first kappa shape index (κ1) is 16.2. The lowest BCUT2D eigenvalue weighted by atomic mass is 9.94. The largest absolute Gasteiger partial charge is 0.349 e. The van der Waals surface area contributed by atoms with Gasteiger partial charge in [0.15, 0.2) is 5.69 Å². The molecule has 0 aliphatic carbocycles. The topological polar surface area (TPSA) is 72.9 Å². The van der Waals surface area contributed by atoms with Crippen molar-refractivity contribution in [3.8, 4) is 5.69 Å². The molecule has 0 radical (unpaired) electrons. The molecule has 0 unspecified atom stereocenters. The number of amides is 1. The molecule has 5 heteroatoms. The Labute approximate surface area is 131 Å². The van der Waals surface area contributed by atoms with Gasteiger partial charge in [-0.25, -0.2) is 4.68 Å². The third-order valence-electron chi connectivity index (χ3n) is 4.13. The van der Waals surface area contributed by atoms with Crippen molar-refractivity contribution in [2.24, 2.45) is 5.73 Å². The van der Waals surface area contributed by atoms with Crippen LogP contribution in [0.4, 0.5) is 0 Å². The van der Waals surface area contributed by atoms with E-state index in [2.05, 4.69) is 10.4 Å². The Morgan fingerprint density at radius 2 is 1.91 bits per heavy atom. The van der Waals surface area contributed by atoms with Crippen molar-refractivity contribution in [1.29, 1.82) is 0 Å². The first-order valence-corrected chi connectivity index (χ1v) is 7.68. The van der Waals surface area contributed by atoms with Crippen LogP contribution >= 0.6 is 0 Å². The molecular weight excluding hydrogens is 276 g/mol. The number of hydrogen-bond donors (Lipinski definition) is 2. The third-order valence-corrected chi connectivity index (χ3v) is 4.13. The predicted molar refractivity (Wildman–Crippen MR) is 88.1 cm³/mol. The van der Waals surface area contributed by atoms with E-state index in [1.807, 2.05) is 51.1 Å². The van der Waals surface area contributed by atoms with Crippen LogP contribution < -0.4 is 11.1 Å². The van der Waals surface area contributed by atoms with Crippen molar-refractivity contribution in [1.82, 2.24) is 15.1 Å². The zero-order chi connectivity index (χ0) is 16.2. The normalized spacial score (nSPS) is 11.5. The van der Waals surface area contributed by atoms with Crippen LogP contribution in [-0.2, 0) is 0 Å². The molecule has 0 spiro atoms. The van der Waals surface area contributed by atoms with Crippen LogP contribution in [0.2, 0.25) is 0 Å². The van der Waals surface area contributed by atoms with Gasteiger partial charge < -0.3 is 11.1 Å². The van der Waals surface area contributed by atoms with Crippen LogP contribution in [0.1, 0.15) is 42.9 Å². The summed E-state index contributed by atoms with van der Waals surface area (Å²) in [5.41, 5.74) is 8.12. The van der Waals surface area contributed by atoms with E-state index in [4.69, 9.17) is 5.73 Å². The maximum Gasteiger partial charge on any atom is 0.271 e. The molecule has 1 amide bonds. The molecule has 5 nitrogen and oxygen atoms in total. The Morgan fingerprint density at radius 3 is 2.50 bits per heavy atom. The smallest absolute Gasteiger partial charge is 0.271 e. The summed E-state index contributed by atoms with van der Waals surface area (Å²) in [4.78, 5) is 12.3. The molecule has 0 saturated carbocycles. The van der Waals surface area contributed by atoms with E-state index in [1.165, 1.54) is 0 Å². The molecule has 0 saturated heterocycles. The van der Waals surface area contributed by atoms with Crippen molar-refractivity contribution >= 4 is 5.91 Å². The number of benzene rings is 1. The van der Waals surface area contributed by atoms with E-state index in [-0.39, 0.29) is 11.4 Å². The number of hydrogen-bond acceptors (Lipinski definition) is 3. The highest BCUT2D eigenvalue weighted by atomic mass is 16.1. The van der Waals surface area contributed by atoms with Crippen LogP contribution in [0.3, 0.4) is 0 Å². The average molecular weight is 300 g/mol. The zero-order valence-electron chi connectivity index (χ0n) is 13.5. The maximum atomic E-state index is 12.3. The first-order chi connectivity index (χ1) is 10.5. The average Bonchev–Trinajstić information content (AvgIpc) is 2.95. The van der Waals surface area contributed by atoms with Gasteiger partial charge in [-0.05, 0) is 38.0 Å². The maximum absolute atomic E-state index is 12.3. The monoisotopic (exact) mass is 300 g/mol. The second-order valence-electron chi connectivity index (χ2n) is 5.67. The van der Waals surface area contributed by atoms with Crippen molar-refractivity contribution < 1.29 is 4.79 Å². The summed E-state index contributed by atoms with van der Waals surface area (Å²) in [6.07, 6.45) is 1.64. The van der Waals surface area contributed by atoms with Gasteiger partial charge in [0.1, 0.15) is 0 Å². The van der Waals surface area contributed by atoms with E-state index >= 15 is 0 Å². The van der Waals surface area contributed by atoms with Gasteiger partial charge in [0.2, 0.25) is 0 Å².